The van der Waals surface area contributed by atoms with Gasteiger partial charge in [0.25, 0.3) is 0 Å². The topological polar surface area (TPSA) is 59.2 Å². The van der Waals surface area contributed by atoms with Gasteiger partial charge < -0.3 is 9.32 Å². The monoisotopic (exact) mass is 415 g/mol. The second kappa shape index (κ2) is 8.30. The predicted molar refractivity (Wildman–Crippen MR) is 103 cm³/mol. The van der Waals surface area contributed by atoms with Gasteiger partial charge in [0.1, 0.15) is 0 Å². The number of halogens is 3. The molecule has 1 saturated heterocycles. The van der Waals surface area contributed by atoms with Gasteiger partial charge in [0.2, 0.25) is 17.7 Å². The summed E-state index contributed by atoms with van der Waals surface area (Å²) < 4.78 is 43.9. The Labute approximate surface area is 171 Å². The van der Waals surface area contributed by atoms with E-state index in [2.05, 4.69) is 10.2 Å². The summed E-state index contributed by atoms with van der Waals surface area (Å²) in [7, 11) is 0. The standard InChI is InChI=1S/C22H20F3N3O2/c23-22(24,25)18-10-8-16(9-11-18)20-26-27-21(30-20)17-7-4-12-28(14-17)19(29)13-15-5-2-1-3-6-15/h1-3,5-6,8-11,17H,4,7,12-14H2. The first-order chi connectivity index (χ1) is 14.4. The number of rotatable bonds is 4. The molecule has 0 bridgehead atoms. The summed E-state index contributed by atoms with van der Waals surface area (Å²) in [6, 6.07) is 14.2. The summed E-state index contributed by atoms with van der Waals surface area (Å²) in [6.07, 6.45) is -2.42. The molecule has 1 atom stereocenters. The highest BCUT2D eigenvalue weighted by Crippen LogP contribution is 2.32. The van der Waals surface area contributed by atoms with E-state index in [1.165, 1.54) is 12.1 Å². The normalized spacial score (nSPS) is 17.2. The number of hydrogen-bond donors (Lipinski definition) is 0. The minimum absolute atomic E-state index is 0.0494. The van der Waals surface area contributed by atoms with Crippen LogP contribution in [-0.4, -0.2) is 34.1 Å². The molecule has 1 aromatic heterocycles. The van der Waals surface area contributed by atoms with Crippen LogP contribution in [0.2, 0.25) is 0 Å². The molecule has 156 valence electrons. The van der Waals surface area contributed by atoms with E-state index in [-0.39, 0.29) is 17.7 Å². The number of likely N-dealkylation sites (tertiary alicyclic amines) is 1. The van der Waals surface area contributed by atoms with Crippen LogP contribution in [0.15, 0.2) is 59.0 Å². The second-order valence-corrected chi connectivity index (χ2v) is 7.36. The van der Waals surface area contributed by atoms with E-state index in [1.807, 2.05) is 35.2 Å². The molecule has 0 spiro atoms. The summed E-state index contributed by atoms with van der Waals surface area (Å²) in [6.45, 7) is 1.17. The average Bonchev–Trinajstić information content (AvgIpc) is 3.24. The Morgan fingerprint density at radius 3 is 2.50 bits per heavy atom. The molecular formula is C22H20F3N3O2. The average molecular weight is 415 g/mol. The van der Waals surface area contributed by atoms with Gasteiger partial charge in [0.05, 0.1) is 17.9 Å². The number of carbonyl (C=O) groups excluding carboxylic acids is 1. The van der Waals surface area contributed by atoms with E-state index in [4.69, 9.17) is 4.42 Å². The van der Waals surface area contributed by atoms with Crippen molar-refractivity contribution in [3.8, 4) is 11.5 Å². The van der Waals surface area contributed by atoms with Gasteiger partial charge in [0.15, 0.2) is 0 Å². The van der Waals surface area contributed by atoms with Crippen molar-refractivity contribution in [2.24, 2.45) is 0 Å². The molecule has 4 rings (SSSR count). The van der Waals surface area contributed by atoms with Crippen molar-refractivity contribution in [2.75, 3.05) is 13.1 Å². The Kier molecular flexibility index (Phi) is 5.57. The maximum atomic E-state index is 12.7. The highest BCUT2D eigenvalue weighted by molar-refractivity contribution is 5.79. The number of alkyl halides is 3. The van der Waals surface area contributed by atoms with Crippen molar-refractivity contribution >= 4 is 5.91 Å². The quantitative estimate of drug-likeness (QED) is 0.620. The Hall–Kier alpha value is -3.16. The van der Waals surface area contributed by atoms with Crippen LogP contribution >= 0.6 is 0 Å². The van der Waals surface area contributed by atoms with Gasteiger partial charge in [-0.2, -0.15) is 13.2 Å². The molecule has 8 heteroatoms. The zero-order valence-electron chi connectivity index (χ0n) is 16.1. The van der Waals surface area contributed by atoms with Crippen molar-refractivity contribution in [1.82, 2.24) is 15.1 Å². The molecular weight excluding hydrogens is 395 g/mol. The lowest BCUT2D eigenvalue weighted by Gasteiger charge is -2.31. The molecule has 1 unspecified atom stereocenters. The summed E-state index contributed by atoms with van der Waals surface area (Å²) in [5, 5.41) is 8.08. The summed E-state index contributed by atoms with van der Waals surface area (Å²) >= 11 is 0. The fraction of sp³-hybridized carbons (Fsp3) is 0.318. The molecule has 2 heterocycles. The zero-order valence-corrected chi connectivity index (χ0v) is 16.1. The molecule has 3 aromatic rings. The maximum absolute atomic E-state index is 12.7. The lowest BCUT2D eigenvalue weighted by atomic mass is 9.97. The molecule has 0 radical (unpaired) electrons. The molecule has 1 amide bonds. The molecule has 1 aliphatic heterocycles. The minimum Gasteiger partial charge on any atom is -0.420 e. The number of piperidine rings is 1. The molecule has 0 N–H and O–H groups in total. The van der Waals surface area contributed by atoms with E-state index in [0.29, 0.717) is 31.0 Å². The summed E-state index contributed by atoms with van der Waals surface area (Å²) in [5.41, 5.74) is 0.660. The minimum atomic E-state index is -4.39. The molecule has 30 heavy (non-hydrogen) atoms. The van der Waals surface area contributed by atoms with Crippen molar-refractivity contribution in [2.45, 2.75) is 31.4 Å². The fourth-order valence-electron chi connectivity index (χ4n) is 3.61. The van der Waals surface area contributed by atoms with Crippen molar-refractivity contribution in [3.05, 3.63) is 71.6 Å². The number of hydrogen-bond acceptors (Lipinski definition) is 4. The maximum Gasteiger partial charge on any atom is 0.416 e. The van der Waals surface area contributed by atoms with Crippen LogP contribution < -0.4 is 0 Å². The predicted octanol–water partition coefficient (Wildman–Crippen LogP) is 4.70. The van der Waals surface area contributed by atoms with Crippen LogP contribution in [0.5, 0.6) is 0 Å². The van der Waals surface area contributed by atoms with Crippen LogP contribution in [0, 0.1) is 0 Å². The van der Waals surface area contributed by atoms with Crippen molar-refractivity contribution in [1.29, 1.82) is 0 Å². The highest BCUT2D eigenvalue weighted by Gasteiger charge is 2.31. The first-order valence-corrected chi connectivity index (χ1v) is 9.73. The first kappa shape index (κ1) is 20.1. The Morgan fingerprint density at radius 1 is 1.07 bits per heavy atom. The Morgan fingerprint density at radius 2 is 1.80 bits per heavy atom. The Balaban J connectivity index is 1.43. The zero-order chi connectivity index (χ0) is 21.1. The number of carbonyl (C=O) groups is 1. The molecule has 1 aliphatic rings. The highest BCUT2D eigenvalue weighted by atomic mass is 19.4. The number of benzene rings is 2. The third-order valence-corrected chi connectivity index (χ3v) is 5.22. The third-order valence-electron chi connectivity index (χ3n) is 5.22. The molecule has 1 fully saturated rings. The number of amides is 1. The molecule has 0 aliphatic carbocycles. The SMILES string of the molecule is O=C(Cc1ccccc1)N1CCCC(c2nnc(-c3ccc(C(F)(F)F)cc3)o2)C1. The van der Waals surface area contributed by atoms with Crippen LogP contribution in [0.1, 0.15) is 35.8 Å². The van der Waals surface area contributed by atoms with Gasteiger partial charge in [-0.1, -0.05) is 30.3 Å². The van der Waals surface area contributed by atoms with Crippen molar-refractivity contribution in [3.63, 3.8) is 0 Å². The third kappa shape index (κ3) is 4.53. The second-order valence-electron chi connectivity index (χ2n) is 7.36. The lowest BCUT2D eigenvalue weighted by Crippen LogP contribution is -2.40. The van der Waals surface area contributed by atoms with Crippen LogP contribution in [-0.2, 0) is 17.4 Å². The van der Waals surface area contributed by atoms with Gasteiger partial charge >= 0.3 is 6.18 Å². The van der Waals surface area contributed by atoms with E-state index in [0.717, 1.165) is 30.5 Å². The summed E-state index contributed by atoms with van der Waals surface area (Å²) in [5.74, 6) is 0.538. The van der Waals surface area contributed by atoms with E-state index in [1.54, 1.807) is 0 Å². The Bertz CT molecular complexity index is 1000. The van der Waals surface area contributed by atoms with Crippen molar-refractivity contribution < 1.29 is 22.4 Å². The molecule has 0 saturated carbocycles. The lowest BCUT2D eigenvalue weighted by molar-refractivity contribution is -0.137. The molecule has 2 aromatic carbocycles. The van der Waals surface area contributed by atoms with E-state index >= 15 is 0 Å². The van der Waals surface area contributed by atoms with Gasteiger partial charge in [-0.25, -0.2) is 0 Å². The number of aromatic nitrogens is 2. The number of nitrogens with zero attached hydrogens (tertiary/aromatic N) is 3. The van der Waals surface area contributed by atoms with E-state index < -0.39 is 11.7 Å². The van der Waals surface area contributed by atoms with Crippen LogP contribution in [0.25, 0.3) is 11.5 Å². The van der Waals surface area contributed by atoms with E-state index in [9.17, 15) is 18.0 Å². The smallest absolute Gasteiger partial charge is 0.416 e. The van der Waals surface area contributed by atoms with Gasteiger partial charge in [-0.15, -0.1) is 10.2 Å². The van der Waals surface area contributed by atoms with Gasteiger partial charge in [-0.05, 0) is 42.7 Å². The largest absolute Gasteiger partial charge is 0.420 e. The summed E-state index contributed by atoms with van der Waals surface area (Å²) in [4.78, 5) is 14.5. The van der Waals surface area contributed by atoms with Gasteiger partial charge in [0, 0.05) is 18.7 Å². The van der Waals surface area contributed by atoms with Crippen LogP contribution in [0.3, 0.4) is 0 Å². The fourth-order valence-corrected chi connectivity index (χ4v) is 3.61. The molecule has 5 nitrogen and oxygen atoms in total. The first-order valence-electron chi connectivity index (χ1n) is 9.73. The van der Waals surface area contributed by atoms with Crippen LogP contribution in [0.4, 0.5) is 13.2 Å². The van der Waals surface area contributed by atoms with Gasteiger partial charge in [-0.3, -0.25) is 4.79 Å².